The first kappa shape index (κ1) is 10.6. The maximum atomic E-state index is 9.12. The third kappa shape index (κ3) is 2.19. The van der Waals surface area contributed by atoms with Gasteiger partial charge in [0.15, 0.2) is 11.6 Å². The Morgan fingerprint density at radius 1 is 1.12 bits per heavy atom. The molecule has 0 unspecified atom stereocenters. The Hall–Kier alpha value is -1.90. The molecule has 16 heavy (non-hydrogen) atoms. The summed E-state index contributed by atoms with van der Waals surface area (Å²) in [6, 6.07) is 8.14. The summed E-state index contributed by atoms with van der Waals surface area (Å²) in [5, 5.41) is 9.12. The zero-order chi connectivity index (χ0) is 11.5. The van der Waals surface area contributed by atoms with Gasteiger partial charge in [0.25, 0.3) is 0 Å². The summed E-state index contributed by atoms with van der Waals surface area (Å²) in [6.07, 6.45) is 2.81. The Morgan fingerprint density at radius 3 is 2.44 bits per heavy atom. The molecule has 1 aromatic carbocycles. The topological polar surface area (TPSA) is 46.0 Å². The molecular formula is C13H14N2O. The Balaban J connectivity index is 2.40. The van der Waals surface area contributed by atoms with Gasteiger partial charge in [-0.25, -0.2) is 9.97 Å². The largest absolute Gasteiger partial charge is 0.505 e. The molecule has 2 rings (SSSR count). The van der Waals surface area contributed by atoms with E-state index < -0.39 is 0 Å². The van der Waals surface area contributed by atoms with E-state index >= 15 is 0 Å². The highest BCUT2D eigenvalue weighted by atomic mass is 16.3. The highest BCUT2D eigenvalue weighted by Crippen LogP contribution is 2.21. The Morgan fingerprint density at radius 2 is 1.81 bits per heavy atom. The van der Waals surface area contributed by atoms with Crippen molar-refractivity contribution in [2.24, 2.45) is 0 Å². The highest BCUT2D eigenvalue weighted by molar-refractivity contribution is 5.56. The molecule has 0 radical (unpaired) electrons. The minimum Gasteiger partial charge on any atom is -0.505 e. The first-order chi connectivity index (χ1) is 7.66. The Bertz CT molecular complexity index is 478. The molecule has 0 fully saturated rings. The molecular weight excluding hydrogens is 200 g/mol. The van der Waals surface area contributed by atoms with Crippen LogP contribution in [0.2, 0.25) is 0 Å². The van der Waals surface area contributed by atoms with Crippen molar-refractivity contribution in [3.05, 3.63) is 42.2 Å². The number of hydrogen-bond acceptors (Lipinski definition) is 3. The smallest absolute Gasteiger partial charge is 0.159 e. The normalized spacial score (nSPS) is 10.7. The standard InChI is InChI=1S/C13H14N2O/c1-9(2)10-4-3-5-11(6-10)13-14-7-12(16)8-15-13/h3-9,16H,1-2H3. The van der Waals surface area contributed by atoms with Crippen molar-refractivity contribution >= 4 is 0 Å². The van der Waals surface area contributed by atoms with Crippen LogP contribution in [0.3, 0.4) is 0 Å². The van der Waals surface area contributed by atoms with E-state index in [0.29, 0.717) is 11.7 Å². The lowest BCUT2D eigenvalue weighted by atomic mass is 10.0. The van der Waals surface area contributed by atoms with Crippen LogP contribution in [0, 0.1) is 0 Å². The number of hydrogen-bond donors (Lipinski definition) is 1. The zero-order valence-corrected chi connectivity index (χ0v) is 9.38. The van der Waals surface area contributed by atoms with Gasteiger partial charge in [-0.2, -0.15) is 0 Å². The molecule has 3 heteroatoms. The van der Waals surface area contributed by atoms with E-state index in [0.717, 1.165) is 5.56 Å². The van der Waals surface area contributed by atoms with Crippen molar-refractivity contribution in [3.8, 4) is 17.1 Å². The number of nitrogens with zero attached hydrogens (tertiary/aromatic N) is 2. The fourth-order valence-electron chi connectivity index (χ4n) is 1.51. The summed E-state index contributed by atoms with van der Waals surface area (Å²) < 4.78 is 0. The first-order valence-corrected chi connectivity index (χ1v) is 5.28. The molecule has 0 bridgehead atoms. The third-order valence-electron chi connectivity index (χ3n) is 2.45. The zero-order valence-electron chi connectivity index (χ0n) is 9.38. The minimum absolute atomic E-state index is 0.0868. The van der Waals surface area contributed by atoms with Gasteiger partial charge >= 0.3 is 0 Å². The molecule has 0 atom stereocenters. The van der Waals surface area contributed by atoms with Crippen LogP contribution in [0.4, 0.5) is 0 Å². The van der Waals surface area contributed by atoms with E-state index in [-0.39, 0.29) is 5.75 Å². The third-order valence-corrected chi connectivity index (χ3v) is 2.45. The fraction of sp³-hybridized carbons (Fsp3) is 0.231. The molecule has 1 N–H and O–H groups in total. The predicted molar refractivity (Wildman–Crippen MR) is 63.2 cm³/mol. The molecule has 1 aromatic heterocycles. The van der Waals surface area contributed by atoms with Crippen molar-refractivity contribution in [3.63, 3.8) is 0 Å². The number of aromatic nitrogens is 2. The van der Waals surface area contributed by atoms with Gasteiger partial charge in [-0.3, -0.25) is 0 Å². The SMILES string of the molecule is CC(C)c1cccc(-c2ncc(O)cn2)c1. The lowest BCUT2D eigenvalue weighted by Gasteiger charge is -2.07. The second-order valence-corrected chi connectivity index (χ2v) is 4.05. The van der Waals surface area contributed by atoms with Gasteiger partial charge < -0.3 is 5.11 Å². The minimum atomic E-state index is 0.0868. The average molecular weight is 214 g/mol. The summed E-state index contributed by atoms with van der Waals surface area (Å²) in [6.45, 7) is 4.30. The molecule has 0 aliphatic rings. The monoisotopic (exact) mass is 214 g/mol. The van der Waals surface area contributed by atoms with Gasteiger partial charge in [0, 0.05) is 5.56 Å². The highest BCUT2D eigenvalue weighted by Gasteiger charge is 2.04. The van der Waals surface area contributed by atoms with Gasteiger partial charge in [-0.1, -0.05) is 32.0 Å². The van der Waals surface area contributed by atoms with E-state index in [1.165, 1.54) is 18.0 Å². The summed E-state index contributed by atoms with van der Waals surface area (Å²) in [4.78, 5) is 8.18. The molecule has 0 aliphatic carbocycles. The van der Waals surface area contributed by atoms with Crippen LogP contribution in [-0.2, 0) is 0 Å². The van der Waals surface area contributed by atoms with E-state index in [1.807, 2.05) is 12.1 Å². The average Bonchev–Trinajstić information content (AvgIpc) is 2.30. The van der Waals surface area contributed by atoms with E-state index in [4.69, 9.17) is 5.11 Å². The Kier molecular flexibility index (Phi) is 2.86. The maximum Gasteiger partial charge on any atom is 0.159 e. The summed E-state index contributed by atoms with van der Waals surface area (Å²) in [7, 11) is 0. The molecule has 0 saturated carbocycles. The lowest BCUT2D eigenvalue weighted by Crippen LogP contribution is -1.91. The molecule has 0 aliphatic heterocycles. The molecule has 0 saturated heterocycles. The fourth-order valence-corrected chi connectivity index (χ4v) is 1.51. The van der Waals surface area contributed by atoms with Crippen LogP contribution in [-0.4, -0.2) is 15.1 Å². The summed E-state index contributed by atoms with van der Waals surface area (Å²) >= 11 is 0. The number of rotatable bonds is 2. The first-order valence-electron chi connectivity index (χ1n) is 5.28. The van der Waals surface area contributed by atoms with Crippen LogP contribution in [0.25, 0.3) is 11.4 Å². The Labute approximate surface area is 94.8 Å². The van der Waals surface area contributed by atoms with Gasteiger partial charge in [-0.15, -0.1) is 0 Å². The molecule has 2 aromatic rings. The van der Waals surface area contributed by atoms with Gasteiger partial charge in [-0.05, 0) is 17.5 Å². The van der Waals surface area contributed by atoms with Crippen molar-refractivity contribution in [2.75, 3.05) is 0 Å². The molecule has 0 spiro atoms. The van der Waals surface area contributed by atoms with E-state index in [9.17, 15) is 0 Å². The van der Waals surface area contributed by atoms with Crippen molar-refractivity contribution in [1.82, 2.24) is 9.97 Å². The molecule has 0 amide bonds. The van der Waals surface area contributed by atoms with Crippen molar-refractivity contribution < 1.29 is 5.11 Å². The van der Waals surface area contributed by atoms with Crippen LogP contribution < -0.4 is 0 Å². The van der Waals surface area contributed by atoms with E-state index in [2.05, 4.69) is 35.9 Å². The predicted octanol–water partition coefficient (Wildman–Crippen LogP) is 2.97. The van der Waals surface area contributed by atoms with Crippen LogP contribution in [0.5, 0.6) is 5.75 Å². The van der Waals surface area contributed by atoms with Crippen LogP contribution in [0.15, 0.2) is 36.7 Å². The molecule has 1 heterocycles. The second-order valence-electron chi connectivity index (χ2n) is 4.05. The van der Waals surface area contributed by atoms with Crippen molar-refractivity contribution in [1.29, 1.82) is 0 Å². The van der Waals surface area contributed by atoms with Crippen LogP contribution in [0.1, 0.15) is 25.3 Å². The number of aromatic hydroxyl groups is 1. The van der Waals surface area contributed by atoms with Gasteiger partial charge in [0.1, 0.15) is 0 Å². The second kappa shape index (κ2) is 4.31. The quantitative estimate of drug-likeness (QED) is 0.835. The molecule has 3 nitrogen and oxygen atoms in total. The van der Waals surface area contributed by atoms with Gasteiger partial charge in [0.2, 0.25) is 0 Å². The van der Waals surface area contributed by atoms with Gasteiger partial charge in [0.05, 0.1) is 12.4 Å². The number of benzene rings is 1. The lowest BCUT2D eigenvalue weighted by molar-refractivity contribution is 0.470. The van der Waals surface area contributed by atoms with Crippen molar-refractivity contribution in [2.45, 2.75) is 19.8 Å². The van der Waals surface area contributed by atoms with Crippen LogP contribution >= 0.6 is 0 Å². The molecule has 82 valence electrons. The summed E-state index contributed by atoms with van der Waals surface area (Å²) in [5.41, 5.74) is 2.24. The van der Waals surface area contributed by atoms with E-state index in [1.54, 1.807) is 0 Å². The summed E-state index contributed by atoms with van der Waals surface area (Å²) in [5.74, 6) is 1.21. The maximum absolute atomic E-state index is 9.12.